The van der Waals surface area contributed by atoms with Crippen molar-refractivity contribution in [3.05, 3.63) is 35.4 Å². The number of hydrogen-bond donors (Lipinski definition) is 0. The molecule has 0 unspecified atom stereocenters. The molecular weight excluding hydrogens is 212 g/mol. The molecule has 0 radical (unpaired) electrons. The molecule has 0 bridgehead atoms. The number of aryl methyl sites for hydroxylation is 1. The summed E-state index contributed by atoms with van der Waals surface area (Å²) in [6.07, 6.45) is 1.07. The molecule has 0 amide bonds. The average molecular weight is 227 g/mol. The van der Waals surface area contributed by atoms with E-state index in [0.717, 1.165) is 5.56 Å². The maximum Gasteiger partial charge on any atom is 0.306 e. The molecule has 0 N–H and O–H groups in total. The molecule has 3 heteroatoms. The van der Waals surface area contributed by atoms with Gasteiger partial charge in [-0.3, -0.25) is 4.79 Å². The van der Waals surface area contributed by atoms with E-state index in [9.17, 15) is 4.79 Å². The van der Waals surface area contributed by atoms with E-state index in [1.54, 1.807) is 0 Å². The summed E-state index contributed by atoms with van der Waals surface area (Å²) in [4.78, 5) is 11.2. The van der Waals surface area contributed by atoms with Crippen LogP contribution in [0.5, 0.6) is 0 Å². The normalized spacial score (nSPS) is 10.0. The van der Waals surface area contributed by atoms with Crippen molar-refractivity contribution in [2.45, 2.75) is 26.4 Å². The number of alkyl halides is 1. The second-order valence-corrected chi connectivity index (χ2v) is 3.82. The Kier molecular flexibility index (Phi) is 5.19. The van der Waals surface area contributed by atoms with Gasteiger partial charge >= 0.3 is 5.97 Å². The van der Waals surface area contributed by atoms with Crippen molar-refractivity contribution in [2.75, 3.05) is 5.88 Å². The quantitative estimate of drug-likeness (QED) is 0.570. The molecule has 0 heterocycles. The molecule has 0 fully saturated rings. The fourth-order valence-electron chi connectivity index (χ4n) is 1.25. The van der Waals surface area contributed by atoms with E-state index in [-0.39, 0.29) is 5.97 Å². The third kappa shape index (κ3) is 4.84. The minimum atomic E-state index is -0.183. The summed E-state index contributed by atoms with van der Waals surface area (Å²) in [5, 5.41) is 0. The van der Waals surface area contributed by atoms with Crippen LogP contribution < -0.4 is 0 Å². The summed E-state index contributed by atoms with van der Waals surface area (Å²) in [6.45, 7) is 2.36. The molecule has 0 aromatic heterocycles. The zero-order valence-corrected chi connectivity index (χ0v) is 9.59. The highest BCUT2D eigenvalue weighted by atomic mass is 35.5. The highest BCUT2D eigenvalue weighted by Gasteiger charge is 2.02. The first-order valence-corrected chi connectivity index (χ1v) is 5.53. The number of esters is 1. The van der Waals surface area contributed by atoms with Gasteiger partial charge in [0, 0.05) is 12.3 Å². The van der Waals surface area contributed by atoms with E-state index in [1.165, 1.54) is 5.56 Å². The van der Waals surface area contributed by atoms with E-state index < -0.39 is 0 Å². The molecule has 1 rings (SSSR count). The van der Waals surface area contributed by atoms with E-state index >= 15 is 0 Å². The third-order valence-corrected chi connectivity index (χ3v) is 2.26. The van der Waals surface area contributed by atoms with Crippen molar-refractivity contribution in [2.24, 2.45) is 0 Å². The number of rotatable bonds is 5. The van der Waals surface area contributed by atoms with Gasteiger partial charge in [-0.1, -0.05) is 29.8 Å². The molecule has 1 aromatic rings. The molecule has 0 atom stereocenters. The Morgan fingerprint density at radius 3 is 2.93 bits per heavy atom. The number of halogens is 1. The number of carbonyl (C=O) groups excluding carboxylic acids is 1. The number of carbonyl (C=O) groups is 1. The molecule has 0 aliphatic heterocycles. The van der Waals surface area contributed by atoms with E-state index in [4.69, 9.17) is 16.3 Å². The Balaban J connectivity index is 2.33. The second-order valence-electron chi connectivity index (χ2n) is 3.44. The lowest BCUT2D eigenvalue weighted by Gasteiger charge is -2.04. The largest absolute Gasteiger partial charge is 0.461 e. The van der Waals surface area contributed by atoms with Crippen LogP contribution in [0.25, 0.3) is 0 Å². The van der Waals surface area contributed by atoms with Gasteiger partial charge in [0.1, 0.15) is 6.61 Å². The van der Waals surface area contributed by atoms with Gasteiger partial charge in [0.15, 0.2) is 0 Å². The van der Waals surface area contributed by atoms with E-state index in [2.05, 4.69) is 0 Å². The monoisotopic (exact) mass is 226 g/mol. The Morgan fingerprint density at radius 2 is 2.27 bits per heavy atom. The van der Waals surface area contributed by atoms with Crippen molar-refractivity contribution >= 4 is 17.6 Å². The maximum absolute atomic E-state index is 11.2. The van der Waals surface area contributed by atoms with Gasteiger partial charge in [-0.05, 0) is 18.9 Å². The van der Waals surface area contributed by atoms with Gasteiger partial charge in [-0.25, -0.2) is 0 Å². The smallest absolute Gasteiger partial charge is 0.306 e. The molecule has 0 saturated heterocycles. The van der Waals surface area contributed by atoms with Crippen molar-refractivity contribution in [1.82, 2.24) is 0 Å². The van der Waals surface area contributed by atoms with Gasteiger partial charge in [-0.15, -0.1) is 11.6 Å². The van der Waals surface area contributed by atoms with E-state index in [1.807, 2.05) is 31.2 Å². The predicted molar refractivity (Wildman–Crippen MR) is 60.9 cm³/mol. The summed E-state index contributed by atoms with van der Waals surface area (Å²) in [6, 6.07) is 7.92. The minimum absolute atomic E-state index is 0.183. The van der Waals surface area contributed by atoms with Crippen LogP contribution in [-0.4, -0.2) is 11.8 Å². The van der Waals surface area contributed by atoms with Gasteiger partial charge in [0.25, 0.3) is 0 Å². The van der Waals surface area contributed by atoms with Crippen LogP contribution in [0.4, 0.5) is 0 Å². The van der Waals surface area contributed by atoms with E-state index in [0.29, 0.717) is 25.3 Å². The first-order chi connectivity index (χ1) is 7.22. The Labute approximate surface area is 95.2 Å². The average Bonchev–Trinajstić information content (AvgIpc) is 2.23. The molecule has 0 saturated carbocycles. The first-order valence-electron chi connectivity index (χ1n) is 4.99. The highest BCUT2D eigenvalue weighted by molar-refractivity contribution is 6.17. The number of ether oxygens (including phenoxy) is 1. The fourth-order valence-corrected chi connectivity index (χ4v) is 1.38. The Morgan fingerprint density at radius 1 is 1.47 bits per heavy atom. The van der Waals surface area contributed by atoms with Crippen LogP contribution in [0.2, 0.25) is 0 Å². The molecule has 82 valence electrons. The molecular formula is C12H15ClO2. The summed E-state index contributed by atoms with van der Waals surface area (Å²) >= 11 is 5.48. The predicted octanol–water partition coefficient (Wildman–Crippen LogP) is 3.06. The number of benzene rings is 1. The molecule has 0 spiro atoms. The van der Waals surface area contributed by atoms with Crippen molar-refractivity contribution in [3.8, 4) is 0 Å². The lowest BCUT2D eigenvalue weighted by Crippen LogP contribution is -2.04. The van der Waals surface area contributed by atoms with Crippen molar-refractivity contribution in [1.29, 1.82) is 0 Å². The molecule has 0 aliphatic rings. The third-order valence-electron chi connectivity index (χ3n) is 2.00. The summed E-state index contributed by atoms with van der Waals surface area (Å²) in [5.74, 6) is 0.316. The van der Waals surface area contributed by atoms with Gasteiger partial charge in [0.2, 0.25) is 0 Å². The minimum Gasteiger partial charge on any atom is -0.461 e. The fraction of sp³-hybridized carbons (Fsp3) is 0.417. The SMILES string of the molecule is Cc1cccc(COC(=O)CCCCl)c1. The van der Waals surface area contributed by atoms with Crippen LogP contribution in [0.3, 0.4) is 0 Å². The zero-order chi connectivity index (χ0) is 11.1. The molecule has 0 aliphatic carbocycles. The van der Waals surface area contributed by atoms with Crippen molar-refractivity contribution in [3.63, 3.8) is 0 Å². The Bertz CT molecular complexity index is 323. The molecule has 1 aromatic carbocycles. The van der Waals surface area contributed by atoms with Crippen LogP contribution >= 0.6 is 11.6 Å². The van der Waals surface area contributed by atoms with Gasteiger partial charge < -0.3 is 4.74 Å². The van der Waals surface area contributed by atoms with Crippen LogP contribution in [0.15, 0.2) is 24.3 Å². The maximum atomic E-state index is 11.2. The standard InChI is InChI=1S/C12H15ClO2/c1-10-4-2-5-11(8-10)9-15-12(14)6-3-7-13/h2,4-5,8H,3,6-7,9H2,1H3. The van der Waals surface area contributed by atoms with Crippen LogP contribution in [0.1, 0.15) is 24.0 Å². The lowest BCUT2D eigenvalue weighted by atomic mass is 10.1. The highest BCUT2D eigenvalue weighted by Crippen LogP contribution is 2.06. The van der Waals surface area contributed by atoms with Crippen LogP contribution in [0, 0.1) is 6.92 Å². The topological polar surface area (TPSA) is 26.3 Å². The lowest BCUT2D eigenvalue weighted by molar-refractivity contribution is -0.144. The summed E-state index contributed by atoms with van der Waals surface area (Å²) in [7, 11) is 0. The zero-order valence-electron chi connectivity index (χ0n) is 8.83. The van der Waals surface area contributed by atoms with Gasteiger partial charge in [0.05, 0.1) is 0 Å². The summed E-state index contributed by atoms with van der Waals surface area (Å²) in [5.41, 5.74) is 2.19. The summed E-state index contributed by atoms with van der Waals surface area (Å²) < 4.78 is 5.09. The molecule has 15 heavy (non-hydrogen) atoms. The number of hydrogen-bond acceptors (Lipinski definition) is 2. The van der Waals surface area contributed by atoms with Crippen LogP contribution in [-0.2, 0) is 16.1 Å². The van der Waals surface area contributed by atoms with Gasteiger partial charge in [-0.2, -0.15) is 0 Å². The molecule has 2 nitrogen and oxygen atoms in total. The second kappa shape index (κ2) is 6.46. The van der Waals surface area contributed by atoms with Crippen molar-refractivity contribution < 1.29 is 9.53 Å². The first kappa shape index (κ1) is 12.1. The Hall–Kier alpha value is -1.02.